The van der Waals surface area contributed by atoms with Gasteiger partial charge in [-0.3, -0.25) is 4.99 Å². The minimum absolute atomic E-state index is 0.0181. The van der Waals surface area contributed by atoms with Gasteiger partial charge in [0.25, 0.3) is 0 Å². The Morgan fingerprint density at radius 2 is 1.97 bits per heavy atom. The number of guanidine groups is 1. The molecule has 0 unspecified atom stereocenters. The molecule has 1 fully saturated rings. The molecule has 29 heavy (non-hydrogen) atoms. The van der Waals surface area contributed by atoms with Crippen LogP contribution in [0.2, 0.25) is 0 Å². The number of benzene rings is 1. The predicted octanol–water partition coefficient (Wildman–Crippen LogP) is 1.88. The molecular weight excluding hydrogens is 392 g/mol. The lowest BCUT2D eigenvalue weighted by Gasteiger charge is -2.35. The fourth-order valence-electron chi connectivity index (χ4n) is 3.32. The van der Waals surface area contributed by atoms with Crippen molar-refractivity contribution < 1.29 is 17.6 Å². The number of rotatable bonds is 7. The third kappa shape index (κ3) is 5.71. The van der Waals surface area contributed by atoms with Crippen LogP contribution in [0, 0.1) is 0 Å². The van der Waals surface area contributed by atoms with Gasteiger partial charge < -0.3 is 19.4 Å². The Kier molecular flexibility index (Phi) is 7.15. The highest BCUT2D eigenvalue weighted by molar-refractivity contribution is 7.89. The molecule has 0 aliphatic carbocycles. The highest BCUT2D eigenvalue weighted by atomic mass is 32.2. The molecule has 0 bridgehead atoms. The van der Waals surface area contributed by atoms with E-state index in [1.807, 2.05) is 44.2 Å². The number of aliphatic imine (C=N–C) groups is 1. The standard InChI is InChI=1S/C20H30N4O4S/c1-16(2)27-12-13-29(25,26)24-10-8-23(9-11-24)20(21-3)22-15-18-14-17-6-4-5-7-19(17)28-18/h4-7,14,16H,8-13,15H2,1-3H3,(H,21,22). The Bertz CT molecular complexity index is 898. The Balaban J connectivity index is 1.50. The van der Waals surface area contributed by atoms with Crippen molar-refractivity contribution in [2.45, 2.75) is 26.5 Å². The van der Waals surface area contributed by atoms with E-state index in [2.05, 4.69) is 15.2 Å². The number of para-hydroxylation sites is 1. The van der Waals surface area contributed by atoms with Crippen LogP contribution in [0.15, 0.2) is 39.7 Å². The van der Waals surface area contributed by atoms with Gasteiger partial charge in [-0.1, -0.05) is 18.2 Å². The first-order valence-corrected chi connectivity index (χ1v) is 11.5. The normalized spacial score (nSPS) is 16.7. The Morgan fingerprint density at radius 3 is 2.62 bits per heavy atom. The first kappa shape index (κ1) is 21.6. The summed E-state index contributed by atoms with van der Waals surface area (Å²) in [7, 11) is -1.57. The molecule has 1 aromatic heterocycles. The Hall–Kier alpha value is -2.10. The number of nitrogens with one attached hydrogen (secondary N) is 1. The van der Waals surface area contributed by atoms with Gasteiger partial charge in [-0.2, -0.15) is 4.31 Å². The molecule has 0 saturated carbocycles. The first-order valence-electron chi connectivity index (χ1n) is 9.91. The van der Waals surface area contributed by atoms with Gasteiger partial charge in [-0.05, 0) is 26.0 Å². The second-order valence-electron chi connectivity index (χ2n) is 7.27. The van der Waals surface area contributed by atoms with Gasteiger partial charge in [-0.25, -0.2) is 8.42 Å². The summed E-state index contributed by atoms with van der Waals surface area (Å²) in [6.07, 6.45) is 0.0307. The third-order valence-electron chi connectivity index (χ3n) is 4.83. The van der Waals surface area contributed by atoms with E-state index >= 15 is 0 Å². The molecule has 1 N–H and O–H groups in total. The fraction of sp³-hybridized carbons (Fsp3) is 0.550. The van der Waals surface area contributed by atoms with E-state index in [1.54, 1.807) is 11.4 Å². The molecular formula is C20H30N4O4S. The monoisotopic (exact) mass is 422 g/mol. The molecule has 0 spiro atoms. The summed E-state index contributed by atoms with van der Waals surface area (Å²) >= 11 is 0. The first-order chi connectivity index (χ1) is 13.9. The lowest BCUT2D eigenvalue weighted by molar-refractivity contribution is 0.0904. The van der Waals surface area contributed by atoms with Crippen LogP contribution in [-0.2, 0) is 21.3 Å². The lowest BCUT2D eigenvalue weighted by Crippen LogP contribution is -2.54. The van der Waals surface area contributed by atoms with Crippen LogP contribution in [0.3, 0.4) is 0 Å². The van der Waals surface area contributed by atoms with Crippen molar-refractivity contribution in [3.63, 3.8) is 0 Å². The number of piperazine rings is 1. The maximum Gasteiger partial charge on any atom is 0.216 e. The van der Waals surface area contributed by atoms with Crippen molar-refractivity contribution in [2.75, 3.05) is 45.6 Å². The largest absolute Gasteiger partial charge is 0.459 e. The van der Waals surface area contributed by atoms with E-state index < -0.39 is 10.0 Å². The molecule has 0 amide bonds. The number of ether oxygens (including phenoxy) is 1. The number of hydrogen-bond acceptors (Lipinski definition) is 5. The summed E-state index contributed by atoms with van der Waals surface area (Å²) in [5.41, 5.74) is 0.861. The number of hydrogen-bond donors (Lipinski definition) is 1. The quantitative estimate of drug-likeness (QED) is 0.542. The zero-order valence-electron chi connectivity index (χ0n) is 17.3. The minimum Gasteiger partial charge on any atom is -0.459 e. The molecule has 8 nitrogen and oxygen atoms in total. The van der Waals surface area contributed by atoms with Crippen molar-refractivity contribution in [2.24, 2.45) is 4.99 Å². The van der Waals surface area contributed by atoms with Gasteiger partial charge in [0.15, 0.2) is 5.96 Å². The van der Waals surface area contributed by atoms with Crippen molar-refractivity contribution >= 4 is 27.0 Å². The zero-order chi connectivity index (χ0) is 20.9. The van der Waals surface area contributed by atoms with Crippen molar-refractivity contribution in [1.82, 2.24) is 14.5 Å². The second-order valence-corrected chi connectivity index (χ2v) is 9.36. The van der Waals surface area contributed by atoms with Crippen LogP contribution in [0.1, 0.15) is 19.6 Å². The maximum absolute atomic E-state index is 12.5. The van der Waals surface area contributed by atoms with Gasteiger partial charge in [0, 0.05) is 38.6 Å². The van der Waals surface area contributed by atoms with Crippen LogP contribution in [0.4, 0.5) is 0 Å². The summed E-state index contributed by atoms with van der Waals surface area (Å²) in [6.45, 7) is 6.59. The summed E-state index contributed by atoms with van der Waals surface area (Å²) in [5, 5.41) is 4.38. The van der Waals surface area contributed by atoms with Crippen LogP contribution in [0.25, 0.3) is 11.0 Å². The minimum atomic E-state index is -3.30. The van der Waals surface area contributed by atoms with Crippen LogP contribution in [-0.4, -0.2) is 75.3 Å². The molecule has 160 valence electrons. The number of sulfonamides is 1. The predicted molar refractivity (Wildman–Crippen MR) is 114 cm³/mol. The Morgan fingerprint density at radius 1 is 1.24 bits per heavy atom. The van der Waals surface area contributed by atoms with Crippen LogP contribution >= 0.6 is 0 Å². The highest BCUT2D eigenvalue weighted by Gasteiger charge is 2.28. The van der Waals surface area contributed by atoms with Crippen molar-refractivity contribution in [3.8, 4) is 0 Å². The Labute approximate surface area is 172 Å². The van der Waals surface area contributed by atoms with Crippen LogP contribution < -0.4 is 5.32 Å². The third-order valence-corrected chi connectivity index (χ3v) is 6.67. The fourth-order valence-corrected chi connectivity index (χ4v) is 4.60. The van der Waals surface area contributed by atoms with Crippen LogP contribution in [0.5, 0.6) is 0 Å². The van der Waals surface area contributed by atoms with Gasteiger partial charge in [-0.15, -0.1) is 0 Å². The summed E-state index contributed by atoms with van der Waals surface area (Å²) in [5.74, 6) is 1.59. The molecule has 3 rings (SSSR count). The lowest BCUT2D eigenvalue weighted by atomic mass is 10.2. The molecule has 1 aliphatic rings. The second kappa shape index (κ2) is 9.60. The van der Waals surface area contributed by atoms with E-state index in [4.69, 9.17) is 9.15 Å². The average Bonchev–Trinajstić information content (AvgIpc) is 3.11. The van der Waals surface area contributed by atoms with Gasteiger partial charge >= 0.3 is 0 Å². The van der Waals surface area contributed by atoms with Gasteiger partial charge in [0.1, 0.15) is 11.3 Å². The summed E-state index contributed by atoms with van der Waals surface area (Å²) < 4.78 is 37.7. The molecule has 9 heteroatoms. The van der Waals surface area contributed by atoms with Crippen molar-refractivity contribution in [3.05, 3.63) is 36.1 Å². The van der Waals surface area contributed by atoms with E-state index in [0.717, 1.165) is 22.7 Å². The van der Waals surface area contributed by atoms with Gasteiger partial charge in [0.05, 0.1) is 25.0 Å². The maximum atomic E-state index is 12.5. The molecule has 1 saturated heterocycles. The SMILES string of the molecule is CN=C(NCc1cc2ccccc2o1)N1CCN(S(=O)(=O)CCOC(C)C)CC1. The number of furan rings is 1. The topological polar surface area (TPSA) is 87.4 Å². The number of nitrogens with zero attached hydrogens (tertiary/aromatic N) is 3. The summed E-state index contributed by atoms with van der Waals surface area (Å²) in [4.78, 5) is 6.41. The molecule has 1 aliphatic heterocycles. The van der Waals surface area contributed by atoms with Crippen molar-refractivity contribution in [1.29, 1.82) is 0 Å². The van der Waals surface area contributed by atoms with E-state index in [-0.39, 0.29) is 18.5 Å². The van der Waals surface area contributed by atoms with Gasteiger partial charge in [0.2, 0.25) is 10.0 Å². The number of fused-ring (bicyclic) bond motifs is 1. The molecule has 0 atom stereocenters. The smallest absolute Gasteiger partial charge is 0.216 e. The highest BCUT2D eigenvalue weighted by Crippen LogP contribution is 2.18. The van der Waals surface area contributed by atoms with E-state index in [9.17, 15) is 8.42 Å². The summed E-state index contributed by atoms with van der Waals surface area (Å²) in [6, 6.07) is 9.91. The van der Waals surface area contributed by atoms with E-state index in [1.165, 1.54) is 0 Å². The van der Waals surface area contributed by atoms with E-state index in [0.29, 0.717) is 32.7 Å². The average molecular weight is 423 g/mol. The zero-order valence-corrected chi connectivity index (χ0v) is 18.1. The molecule has 2 heterocycles. The molecule has 1 aromatic carbocycles. The molecule has 0 radical (unpaired) electrons. The molecule has 2 aromatic rings.